The lowest BCUT2D eigenvalue weighted by atomic mass is 10.1. The van der Waals surface area contributed by atoms with Crippen LogP contribution in [0.4, 0.5) is 10.1 Å². The van der Waals surface area contributed by atoms with Gasteiger partial charge in [-0.15, -0.1) is 11.3 Å². The number of halogens is 1. The molecule has 0 spiro atoms. The number of hydrogen-bond acceptors (Lipinski definition) is 3. The van der Waals surface area contributed by atoms with Gasteiger partial charge in [0.1, 0.15) is 5.82 Å². The molecule has 19 heavy (non-hydrogen) atoms. The van der Waals surface area contributed by atoms with E-state index in [4.69, 9.17) is 5.73 Å². The van der Waals surface area contributed by atoms with Crippen LogP contribution < -0.4 is 11.1 Å². The Balaban J connectivity index is 2.12. The Morgan fingerprint density at radius 3 is 2.74 bits per heavy atom. The van der Waals surface area contributed by atoms with E-state index in [9.17, 15) is 9.18 Å². The molecule has 0 unspecified atom stereocenters. The highest BCUT2D eigenvalue weighted by Crippen LogP contribution is 2.18. The molecule has 0 aliphatic rings. The molecule has 0 aliphatic carbocycles. The van der Waals surface area contributed by atoms with Gasteiger partial charge in [0, 0.05) is 15.4 Å². The van der Waals surface area contributed by atoms with E-state index in [-0.39, 0.29) is 5.56 Å². The number of rotatable bonds is 3. The van der Waals surface area contributed by atoms with Crippen LogP contribution in [-0.4, -0.2) is 5.91 Å². The van der Waals surface area contributed by atoms with E-state index < -0.39 is 11.7 Å². The van der Waals surface area contributed by atoms with Crippen LogP contribution in [0.1, 0.15) is 25.7 Å². The molecule has 3 nitrogen and oxygen atoms in total. The van der Waals surface area contributed by atoms with E-state index in [1.807, 2.05) is 19.1 Å². The number of aryl methyl sites for hydroxylation is 2. The normalized spacial score (nSPS) is 10.5. The third-order valence-electron chi connectivity index (χ3n) is 2.74. The summed E-state index contributed by atoms with van der Waals surface area (Å²) in [4.78, 5) is 14.2. The number of hydrogen-bond donors (Lipinski definition) is 2. The molecular formula is C14H15FN2OS. The number of nitrogens with two attached hydrogens (primary N) is 1. The predicted molar refractivity (Wildman–Crippen MR) is 75.8 cm³/mol. The number of amides is 1. The van der Waals surface area contributed by atoms with Gasteiger partial charge < -0.3 is 11.1 Å². The van der Waals surface area contributed by atoms with Crippen LogP contribution in [0.2, 0.25) is 0 Å². The van der Waals surface area contributed by atoms with Gasteiger partial charge in [0.05, 0.1) is 12.1 Å². The third-order valence-corrected chi connectivity index (χ3v) is 3.74. The molecule has 0 aliphatic heterocycles. The van der Waals surface area contributed by atoms with E-state index in [1.54, 1.807) is 18.3 Å². The molecule has 0 fully saturated rings. The van der Waals surface area contributed by atoms with Crippen LogP contribution in [-0.2, 0) is 6.54 Å². The monoisotopic (exact) mass is 278 g/mol. The second-order valence-corrected chi connectivity index (χ2v) is 5.77. The van der Waals surface area contributed by atoms with Crippen LogP contribution in [0.3, 0.4) is 0 Å². The average molecular weight is 278 g/mol. The first-order chi connectivity index (χ1) is 8.97. The maximum Gasteiger partial charge on any atom is 0.254 e. The van der Waals surface area contributed by atoms with Crippen molar-refractivity contribution in [2.24, 2.45) is 0 Å². The third kappa shape index (κ3) is 3.12. The number of thiophene rings is 1. The summed E-state index contributed by atoms with van der Waals surface area (Å²) in [6, 6.07) is 6.80. The molecule has 1 amide bonds. The van der Waals surface area contributed by atoms with Crippen molar-refractivity contribution in [1.29, 1.82) is 0 Å². The summed E-state index contributed by atoms with van der Waals surface area (Å²) in [5.74, 6) is -0.965. The largest absolute Gasteiger partial charge is 0.399 e. The maximum atomic E-state index is 13.8. The molecule has 0 bridgehead atoms. The fourth-order valence-corrected chi connectivity index (χ4v) is 2.64. The smallest absolute Gasteiger partial charge is 0.254 e. The Morgan fingerprint density at radius 1 is 1.37 bits per heavy atom. The zero-order valence-electron chi connectivity index (χ0n) is 10.8. The maximum absolute atomic E-state index is 13.8. The molecule has 0 saturated heterocycles. The topological polar surface area (TPSA) is 55.1 Å². The SMILES string of the molecule is Cc1ccc(CNC(=O)c2cc(N)cc(C)c2F)s1. The highest BCUT2D eigenvalue weighted by atomic mass is 32.1. The van der Waals surface area contributed by atoms with Gasteiger partial charge in [0.25, 0.3) is 5.91 Å². The van der Waals surface area contributed by atoms with Crippen molar-refractivity contribution in [2.45, 2.75) is 20.4 Å². The summed E-state index contributed by atoms with van der Waals surface area (Å²) in [5.41, 5.74) is 6.38. The summed E-state index contributed by atoms with van der Waals surface area (Å²) >= 11 is 1.60. The van der Waals surface area contributed by atoms with Crippen LogP contribution in [0.5, 0.6) is 0 Å². The van der Waals surface area contributed by atoms with E-state index in [1.165, 1.54) is 17.0 Å². The molecule has 1 aromatic heterocycles. The van der Waals surface area contributed by atoms with Gasteiger partial charge in [-0.05, 0) is 43.7 Å². The van der Waals surface area contributed by atoms with Crippen LogP contribution >= 0.6 is 11.3 Å². The lowest BCUT2D eigenvalue weighted by molar-refractivity contribution is 0.0947. The lowest BCUT2D eigenvalue weighted by Gasteiger charge is -2.08. The first-order valence-electron chi connectivity index (χ1n) is 5.86. The standard InChI is InChI=1S/C14H15FN2OS/c1-8-5-10(16)6-12(13(8)15)14(18)17-7-11-4-3-9(2)19-11/h3-6H,7,16H2,1-2H3,(H,17,18). The highest BCUT2D eigenvalue weighted by Gasteiger charge is 2.14. The van der Waals surface area contributed by atoms with E-state index in [2.05, 4.69) is 5.32 Å². The van der Waals surface area contributed by atoms with E-state index in [0.29, 0.717) is 17.8 Å². The zero-order valence-corrected chi connectivity index (χ0v) is 11.6. The Labute approximate surface area is 115 Å². The van der Waals surface area contributed by atoms with Gasteiger partial charge in [-0.3, -0.25) is 4.79 Å². The number of carbonyl (C=O) groups excluding carboxylic acids is 1. The Hall–Kier alpha value is -1.88. The summed E-state index contributed by atoms with van der Waals surface area (Å²) in [7, 11) is 0. The molecule has 2 rings (SSSR count). The van der Waals surface area contributed by atoms with Crippen molar-refractivity contribution < 1.29 is 9.18 Å². The molecule has 100 valence electrons. The van der Waals surface area contributed by atoms with Gasteiger partial charge in [-0.1, -0.05) is 0 Å². The molecule has 0 radical (unpaired) electrons. The van der Waals surface area contributed by atoms with Crippen molar-refractivity contribution >= 4 is 22.9 Å². The van der Waals surface area contributed by atoms with Gasteiger partial charge in [-0.25, -0.2) is 4.39 Å². The number of nitrogen functional groups attached to an aromatic ring is 1. The average Bonchev–Trinajstić information content (AvgIpc) is 2.76. The van der Waals surface area contributed by atoms with Crippen LogP contribution in [0.15, 0.2) is 24.3 Å². The van der Waals surface area contributed by atoms with E-state index in [0.717, 1.165) is 4.88 Å². The van der Waals surface area contributed by atoms with Crippen molar-refractivity contribution in [3.05, 3.63) is 51.0 Å². The lowest BCUT2D eigenvalue weighted by Crippen LogP contribution is -2.24. The first kappa shape index (κ1) is 13.5. The van der Waals surface area contributed by atoms with Gasteiger partial charge in [-0.2, -0.15) is 0 Å². The summed E-state index contributed by atoms with van der Waals surface area (Å²) in [6.07, 6.45) is 0. The Bertz CT molecular complexity index is 622. The Morgan fingerprint density at radius 2 is 2.11 bits per heavy atom. The van der Waals surface area contributed by atoms with Crippen molar-refractivity contribution in [3.8, 4) is 0 Å². The van der Waals surface area contributed by atoms with Crippen molar-refractivity contribution in [1.82, 2.24) is 5.32 Å². The summed E-state index contributed by atoms with van der Waals surface area (Å²) in [5, 5.41) is 2.70. The molecule has 1 heterocycles. The fraction of sp³-hybridized carbons (Fsp3) is 0.214. The molecule has 2 aromatic rings. The second-order valence-electron chi connectivity index (χ2n) is 4.39. The minimum Gasteiger partial charge on any atom is -0.399 e. The van der Waals surface area contributed by atoms with Crippen molar-refractivity contribution in [3.63, 3.8) is 0 Å². The van der Waals surface area contributed by atoms with Crippen LogP contribution in [0, 0.1) is 19.7 Å². The summed E-state index contributed by atoms with van der Waals surface area (Å²) < 4.78 is 13.8. The minimum atomic E-state index is -0.519. The quantitative estimate of drug-likeness (QED) is 0.848. The van der Waals surface area contributed by atoms with Gasteiger partial charge in [0.2, 0.25) is 0 Å². The number of nitrogens with one attached hydrogen (secondary N) is 1. The minimum absolute atomic E-state index is 0.00854. The first-order valence-corrected chi connectivity index (χ1v) is 6.68. The van der Waals surface area contributed by atoms with E-state index >= 15 is 0 Å². The Kier molecular flexibility index (Phi) is 3.85. The van der Waals surface area contributed by atoms with Gasteiger partial charge in [0.15, 0.2) is 0 Å². The molecule has 1 aromatic carbocycles. The van der Waals surface area contributed by atoms with Crippen LogP contribution in [0.25, 0.3) is 0 Å². The fourth-order valence-electron chi connectivity index (χ4n) is 1.81. The summed E-state index contributed by atoms with van der Waals surface area (Å²) in [6.45, 7) is 3.98. The number of anilines is 1. The molecule has 0 saturated carbocycles. The predicted octanol–water partition coefficient (Wildman–Crippen LogP) is 3.02. The molecule has 3 N–H and O–H groups in total. The molecular weight excluding hydrogens is 263 g/mol. The zero-order chi connectivity index (χ0) is 14.0. The highest BCUT2D eigenvalue weighted by molar-refractivity contribution is 7.11. The van der Waals surface area contributed by atoms with Crippen molar-refractivity contribution in [2.75, 3.05) is 5.73 Å². The molecule has 5 heteroatoms. The number of benzene rings is 1. The molecule has 0 atom stereocenters. The number of carbonyl (C=O) groups is 1. The second kappa shape index (κ2) is 5.40. The van der Waals surface area contributed by atoms with Gasteiger partial charge >= 0.3 is 0 Å².